The number of hydrogen-bond acceptors (Lipinski definition) is 5. The minimum Gasteiger partial charge on any atom is -0.384 e. The number of nitrogen functional groups attached to an aromatic ring is 1. The summed E-state index contributed by atoms with van der Waals surface area (Å²) in [7, 11) is 0. The summed E-state index contributed by atoms with van der Waals surface area (Å²) in [6.07, 6.45) is 0. The van der Waals surface area contributed by atoms with Gasteiger partial charge in [-0.3, -0.25) is 4.79 Å². The van der Waals surface area contributed by atoms with Crippen LogP contribution < -0.4 is 11.1 Å². The van der Waals surface area contributed by atoms with Crippen LogP contribution in [-0.4, -0.2) is 21.6 Å². The van der Waals surface area contributed by atoms with Crippen molar-refractivity contribution in [1.82, 2.24) is 9.97 Å². The number of nitrogens with one attached hydrogen (secondary N) is 1. The Hall–Kier alpha value is -2.08. The van der Waals surface area contributed by atoms with E-state index in [9.17, 15) is 4.79 Å². The number of aromatic nitrogens is 2. The lowest BCUT2D eigenvalue weighted by molar-refractivity contribution is -0.113. The quantitative estimate of drug-likeness (QED) is 0.654. The molecule has 0 saturated carbocycles. The van der Waals surface area contributed by atoms with Crippen LogP contribution in [0.2, 0.25) is 0 Å². The molecule has 0 bridgehead atoms. The van der Waals surface area contributed by atoms with Crippen molar-refractivity contribution in [2.24, 2.45) is 0 Å². The number of thioether (sulfide) groups is 1. The first-order valence-electron chi connectivity index (χ1n) is 7.08. The van der Waals surface area contributed by atoms with Gasteiger partial charge in [-0.25, -0.2) is 9.97 Å². The topological polar surface area (TPSA) is 80.9 Å². The number of benzene rings is 1. The number of rotatable bonds is 5. The van der Waals surface area contributed by atoms with E-state index < -0.39 is 0 Å². The molecule has 3 N–H and O–H groups in total. The molecule has 0 atom stereocenters. The van der Waals surface area contributed by atoms with E-state index in [0.717, 1.165) is 11.4 Å². The third-order valence-corrected chi connectivity index (χ3v) is 3.89. The minimum absolute atomic E-state index is 0.0917. The van der Waals surface area contributed by atoms with Gasteiger partial charge in [0.15, 0.2) is 5.16 Å². The first kappa shape index (κ1) is 16.3. The minimum atomic E-state index is -0.0917. The van der Waals surface area contributed by atoms with Crippen molar-refractivity contribution in [3.8, 4) is 0 Å². The third-order valence-electron chi connectivity index (χ3n) is 3.05. The van der Waals surface area contributed by atoms with Crippen LogP contribution in [0.4, 0.5) is 11.5 Å². The summed E-state index contributed by atoms with van der Waals surface area (Å²) >= 11 is 1.27. The highest BCUT2D eigenvalue weighted by Gasteiger charge is 2.07. The van der Waals surface area contributed by atoms with Gasteiger partial charge in [0, 0.05) is 17.4 Å². The fourth-order valence-electron chi connectivity index (χ4n) is 1.91. The zero-order valence-corrected chi connectivity index (χ0v) is 13.8. The number of amides is 1. The summed E-state index contributed by atoms with van der Waals surface area (Å²) in [5.74, 6) is 1.05. The normalized spacial score (nSPS) is 10.7. The van der Waals surface area contributed by atoms with Crippen LogP contribution in [0.5, 0.6) is 0 Å². The van der Waals surface area contributed by atoms with Gasteiger partial charge in [-0.05, 0) is 30.5 Å². The molecule has 2 rings (SSSR count). The molecule has 6 heteroatoms. The van der Waals surface area contributed by atoms with Crippen LogP contribution >= 0.6 is 11.8 Å². The second kappa shape index (κ2) is 7.26. The molecule has 1 aromatic carbocycles. The highest BCUT2D eigenvalue weighted by atomic mass is 32.2. The molecule has 0 aliphatic rings. The number of carbonyl (C=O) groups is 1. The van der Waals surface area contributed by atoms with Crippen molar-refractivity contribution in [3.63, 3.8) is 0 Å². The molecule has 22 heavy (non-hydrogen) atoms. The second-order valence-electron chi connectivity index (χ2n) is 5.33. The molecule has 0 fully saturated rings. The number of aryl methyl sites for hydroxylation is 1. The Bertz CT molecular complexity index is 635. The highest BCUT2D eigenvalue weighted by molar-refractivity contribution is 7.99. The Morgan fingerprint density at radius 1 is 1.27 bits per heavy atom. The van der Waals surface area contributed by atoms with Crippen molar-refractivity contribution in [2.75, 3.05) is 16.8 Å². The lowest BCUT2D eigenvalue weighted by Gasteiger charge is -2.08. The van der Waals surface area contributed by atoms with Crippen molar-refractivity contribution in [1.29, 1.82) is 0 Å². The fraction of sp³-hybridized carbons (Fsp3) is 0.312. The molecule has 0 aliphatic carbocycles. The summed E-state index contributed by atoms with van der Waals surface area (Å²) in [4.78, 5) is 20.3. The molecular weight excluding hydrogens is 296 g/mol. The van der Waals surface area contributed by atoms with Crippen molar-refractivity contribution >= 4 is 29.2 Å². The summed E-state index contributed by atoms with van der Waals surface area (Å²) in [6.45, 7) is 6.12. The van der Waals surface area contributed by atoms with Crippen LogP contribution in [0.25, 0.3) is 0 Å². The van der Waals surface area contributed by atoms with Gasteiger partial charge in [-0.1, -0.05) is 37.7 Å². The lowest BCUT2D eigenvalue weighted by Crippen LogP contribution is -2.14. The van der Waals surface area contributed by atoms with Gasteiger partial charge in [0.2, 0.25) is 5.91 Å². The van der Waals surface area contributed by atoms with Crippen LogP contribution in [0.3, 0.4) is 0 Å². The van der Waals surface area contributed by atoms with Crippen LogP contribution in [0.1, 0.15) is 31.0 Å². The van der Waals surface area contributed by atoms with E-state index in [1.807, 2.05) is 31.2 Å². The predicted octanol–water partition coefficient (Wildman–Crippen LogP) is 3.22. The SMILES string of the molecule is Cc1cc(N)nc(SCC(=O)Nc2ccc(C(C)C)cc2)n1. The molecule has 0 unspecified atom stereocenters. The Morgan fingerprint density at radius 2 is 1.95 bits per heavy atom. The van der Waals surface area contributed by atoms with E-state index in [2.05, 4.69) is 29.1 Å². The van der Waals surface area contributed by atoms with Crippen molar-refractivity contribution in [2.45, 2.75) is 31.8 Å². The maximum Gasteiger partial charge on any atom is 0.234 e. The molecular formula is C16H20N4OS. The van der Waals surface area contributed by atoms with Crippen molar-refractivity contribution in [3.05, 3.63) is 41.6 Å². The van der Waals surface area contributed by atoms with Gasteiger partial charge < -0.3 is 11.1 Å². The summed E-state index contributed by atoms with van der Waals surface area (Å²) in [5, 5.41) is 3.38. The van der Waals surface area contributed by atoms with E-state index in [0.29, 0.717) is 16.9 Å². The van der Waals surface area contributed by atoms with Gasteiger partial charge >= 0.3 is 0 Å². The monoisotopic (exact) mass is 316 g/mol. The third kappa shape index (κ3) is 4.73. The molecule has 0 aliphatic heterocycles. The van der Waals surface area contributed by atoms with Gasteiger partial charge in [0.25, 0.3) is 0 Å². The summed E-state index contributed by atoms with van der Waals surface area (Å²) < 4.78 is 0. The van der Waals surface area contributed by atoms with E-state index in [1.54, 1.807) is 6.07 Å². The van der Waals surface area contributed by atoms with Crippen LogP contribution in [-0.2, 0) is 4.79 Å². The maximum atomic E-state index is 12.0. The average molecular weight is 316 g/mol. The Kier molecular flexibility index (Phi) is 5.38. The van der Waals surface area contributed by atoms with E-state index in [4.69, 9.17) is 5.73 Å². The zero-order valence-electron chi connectivity index (χ0n) is 13.0. The number of anilines is 2. The van der Waals surface area contributed by atoms with Crippen LogP contribution in [0.15, 0.2) is 35.5 Å². The van der Waals surface area contributed by atoms with Gasteiger partial charge in [-0.15, -0.1) is 0 Å². The fourth-order valence-corrected chi connectivity index (χ4v) is 2.62. The van der Waals surface area contributed by atoms with E-state index in [-0.39, 0.29) is 11.7 Å². The molecule has 0 saturated heterocycles. The van der Waals surface area contributed by atoms with E-state index in [1.165, 1.54) is 17.3 Å². The average Bonchev–Trinajstić information content (AvgIpc) is 2.45. The Balaban J connectivity index is 1.90. The van der Waals surface area contributed by atoms with Gasteiger partial charge in [0.05, 0.1) is 5.75 Å². The highest BCUT2D eigenvalue weighted by Crippen LogP contribution is 2.18. The number of carbonyl (C=O) groups excluding carboxylic acids is 1. The largest absolute Gasteiger partial charge is 0.384 e. The molecule has 2 aromatic rings. The number of hydrogen-bond donors (Lipinski definition) is 2. The Morgan fingerprint density at radius 3 is 2.55 bits per heavy atom. The molecule has 1 aromatic heterocycles. The van der Waals surface area contributed by atoms with Crippen LogP contribution in [0, 0.1) is 6.92 Å². The second-order valence-corrected chi connectivity index (χ2v) is 6.27. The molecule has 116 valence electrons. The molecule has 5 nitrogen and oxygen atoms in total. The molecule has 0 spiro atoms. The molecule has 1 amide bonds. The van der Waals surface area contributed by atoms with E-state index >= 15 is 0 Å². The smallest absolute Gasteiger partial charge is 0.234 e. The van der Waals surface area contributed by atoms with Gasteiger partial charge in [-0.2, -0.15) is 0 Å². The first-order valence-corrected chi connectivity index (χ1v) is 8.06. The van der Waals surface area contributed by atoms with Gasteiger partial charge in [0.1, 0.15) is 5.82 Å². The predicted molar refractivity (Wildman–Crippen MR) is 91.1 cm³/mol. The lowest BCUT2D eigenvalue weighted by atomic mass is 10.0. The summed E-state index contributed by atoms with van der Waals surface area (Å²) in [6, 6.07) is 9.58. The first-order chi connectivity index (χ1) is 10.4. The Labute approximate surface area is 134 Å². The number of nitrogens with two attached hydrogens (primary N) is 1. The molecule has 0 radical (unpaired) electrons. The standard InChI is InChI=1S/C16H20N4OS/c1-10(2)12-4-6-13(7-5-12)19-15(21)9-22-16-18-11(3)8-14(17)20-16/h4-8,10H,9H2,1-3H3,(H,19,21)(H2,17,18,20). The maximum absolute atomic E-state index is 12.0. The number of nitrogens with zero attached hydrogens (tertiary/aromatic N) is 2. The molecule has 1 heterocycles. The zero-order chi connectivity index (χ0) is 16.1. The van der Waals surface area contributed by atoms with Crippen molar-refractivity contribution < 1.29 is 4.79 Å². The summed E-state index contributed by atoms with van der Waals surface area (Å²) in [5.41, 5.74) is 8.49.